The molecule has 6 nitrogen and oxygen atoms in total. The summed E-state index contributed by atoms with van der Waals surface area (Å²) < 4.78 is 36.4. The van der Waals surface area contributed by atoms with E-state index in [4.69, 9.17) is 32.8 Å². The van der Waals surface area contributed by atoms with Crippen molar-refractivity contribution >= 4 is 57.6 Å². The second kappa shape index (κ2) is 8.85. The highest BCUT2D eigenvalue weighted by atomic mass is 35.5. The Balaban J connectivity index is 1.92. The van der Waals surface area contributed by atoms with Gasteiger partial charge in [-0.05, 0) is 43.7 Å². The molecule has 1 aliphatic rings. The monoisotopic (exact) mass is 506 g/mol. The van der Waals surface area contributed by atoms with E-state index < -0.39 is 28.7 Å². The molecular weight excluding hydrogens is 489 g/mol. The Morgan fingerprint density at radius 3 is 2.71 bits per heavy atom. The molecule has 34 heavy (non-hydrogen) atoms. The van der Waals surface area contributed by atoms with Crippen LogP contribution < -0.4 is 0 Å². The Bertz CT molecular complexity index is 1410. The average Bonchev–Trinajstić information content (AvgIpc) is 3.36. The molecule has 10 heteroatoms. The van der Waals surface area contributed by atoms with Crippen LogP contribution in [0.25, 0.3) is 22.6 Å². The Morgan fingerprint density at radius 1 is 1.32 bits per heavy atom. The summed E-state index contributed by atoms with van der Waals surface area (Å²) in [6.07, 6.45) is 5.01. The summed E-state index contributed by atoms with van der Waals surface area (Å²) in [7, 11) is 0. The van der Waals surface area contributed by atoms with Crippen LogP contribution in [0.3, 0.4) is 0 Å². The fraction of sp³-hybridized carbons (Fsp3) is 0.208. The number of allylic oxidation sites excluding steroid dienone is 4. The Labute approximate surface area is 202 Å². The first kappa shape index (κ1) is 23.9. The van der Waals surface area contributed by atoms with Gasteiger partial charge in [-0.25, -0.2) is 13.6 Å². The number of nitrogens with zero attached hydrogens (tertiary/aromatic N) is 2. The number of rotatable bonds is 5. The van der Waals surface area contributed by atoms with Crippen LogP contribution in [0, 0.1) is 0 Å². The number of hydrogen-bond donors (Lipinski definition) is 1. The molecule has 3 aromatic rings. The number of hydrogen-bond acceptors (Lipinski definition) is 4. The van der Waals surface area contributed by atoms with E-state index in [0.717, 1.165) is 12.2 Å². The average molecular weight is 507 g/mol. The maximum absolute atomic E-state index is 15.0. The van der Waals surface area contributed by atoms with Gasteiger partial charge >= 0.3 is 5.97 Å². The molecule has 0 radical (unpaired) electrons. The molecule has 1 N–H and O–H groups in total. The minimum atomic E-state index is -2.12. The van der Waals surface area contributed by atoms with Gasteiger partial charge in [-0.2, -0.15) is 0 Å². The third-order valence-electron chi connectivity index (χ3n) is 5.32. The molecule has 0 aliphatic heterocycles. The number of alkyl halides is 2. The Morgan fingerprint density at radius 2 is 2.06 bits per heavy atom. The van der Waals surface area contributed by atoms with Crippen LogP contribution in [-0.4, -0.2) is 32.1 Å². The number of aromatic nitrogens is 2. The zero-order chi connectivity index (χ0) is 24.8. The van der Waals surface area contributed by atoms with Gasteiger partial charge in [0.05, 0.1) is 10.9 Å². The molecule has 2 heterocycles. The molecule has 0 saturated carbocycles. The van der Waals surface area contributed by atoms with E-state index in [1.54, 1.807) is 24.3 Å². The van der Waals surface area contributed by atoms with Crippen molar-refractivity contribution in [2.24, 2.45) is 0 Å². The molecular formula is C24H18Cl2F2N2O4. The maximum Gasteiger partial charge on any atom is 0.328 e. The van der Waals surface area contributed by atoms with E-state index in [1.165, 1.54) is 30.7 Å². The van der Waals surface area contributed by atoms with Gasteiger partial charge < -0.3 is 9.63 Å². The van der Waals surface area contributed by atoms with E-state index in [9.17, 15) is 14.0 Å². The van der Waals surface area contributed by atoms with Crippen LogP contribution in [0.2, 0.25) is 0 Å². The van der Waals surface area contributed by atoms with E-state index in [2.05, 4.69) is 5.16 Å². The van der Waals surface area contributed by atoms with E-state index >= 15 is 4.39 Å². The minimum Gasteiger partial charge on any atom is -0.478 e. The zero-order valence-electron chi connectivity index (χ0n) is 18.0. The molecule has 176 valence electrons. The SMILES string of the molecule is CC(C)(F)c1onc(C2=C(F)C=C(Cl)CC2Cl)c1C(=O)n1ccc2c(/C=C/C(=O)O)cccc21. The number of carboxylic acids is 1. The Hall–Kier alpha value is -3.23. The largest absolute Gasteiger partial charge is 0.478 e. The first-order valence-corrected chi connectivity index (χ1v) is 11.0. The van der Waals surface area contributed by atoms with Crippen molar-refractivity contribution in [3.05, 3.63) is 76.1 Å². The highest BCUT2D eigenvalue weighted by Gasteiger charge is 2.38. The predicted molar refractivity (Wildman–Crippen MR) is 125 cm³/mol. The number of benzene rings is 1. The smallest absolute Gasteiger partial charge is 0.328 e. The van der Waals surface area contributed by atoms with E-state index in [0.29, 0.717) is 16.5 Å². The molecule has 0 fully saturated rings. The molecule has 0 spiro atoms. The zero-order valence-corrected chi connectivity index (χ0v) is 19.5. The summed E-state index contributed by atoms with van der Waals surface area (Å²) >= 11 is 12.3. The molecule has 0 amide bonds. The van der Waals surface area contributed by atoms with E-state index in [-0.39, 0.29) is 34.0 Å². The normalized spacial score (nSPS) is 17.0. The number of carbonyl (C=O) groups excluding carboxylic acids is 1. The van der Waals surface area contributed by atoms with Crippen molar-refractivity contribution in [1.82, 2.24) is 9.72 Å². The molecule has 1 aliphatic carbocycles. The molecule has 0 saturated heterocycles. The van der Waals surface area contributed by atoms with Gasteiger partial charge in [0.25, 0.3) is 5.91 Å². The number of fused-ring (bicyclic) bond motifs is 1. The Kier molecular flexibility index (Phi) is 6.22. The maximum atomic E-state index is 15.0. The lowest BCUT2D eigenvalue weighted by atomic mass is 9.93. The second-order valence-electron chi connectivity index (χ2n) is 8.17. The van der Waals surface area contributed by atoms with Crippen molar-refractivity contribution in [3.63, 3.8) is 0 Å². The lowest BCUT2D eigenvalue weighted by Gasteiger charge is -2.18. The van der Waals surface area contributed by atoms with Gasteiger partial charge in [0, 0.05) is 34.7 Å². The first-order chi connectivity index (χ1) is 16.0. The van der Waals surface area contributed by atoms with Crippen LogP contribution in [0.1, 0.15) is 47.6 Å². The number of carboxylic acid groups (broad SMARTS) is 1. The van der Waals surface area contributed by atoms with Crippen LogP contribution in [-0.2, 0) is 10.5 Å². The minimum absolute atomic E-state index is 0.104. The fourth-order valence-electron chi connectivity index (χ4n) is 3.83. The van der Waals surface area contributed by atoms with Gasteiger partial charge in [-0.1, -0.05) is 28.9 Å². The highest BCUT2D eigenvalue weighted by molar-refractivity contribution is 6.33. The molecule has 1 atom stereocenters. The summed E-state index contributed by atoms with van der Waals surface area (Å²) in [5.74, 6) is -3.00. The van der Waals surface area contributed by atoms with Crippen molar-refractivity contribution in [2.45, 2.75) is 31.3 Å². The van der Waals surface area contributed by atoms with Gasteiger partial charge in [0.15, 0.2) is 11.4 Å². The molecule has 2 aromatic heterocycles. The highest BCUT2D eigenvalue weighted by Crippen LogP contribution is 2.41. The molecule has 0 bridgehead atoms. The second-order valence-corrected chi connectivity index (χ2v) is 9.19. The number of aliphatic carboxylic acids is 1. The van der Waals surface area contributed by atoms with Crippen molar-refractivity contribution in [1.29, 1.82) is 0 Å². The summed E-state index contributed by atoms with van der Waals surface area (Å²) in [4.78, 5) is 24.6. The lowest BCUT2D eigenvalue weighted by molar-refractivity contribution is -0.131. The number of carbonyl (C=O) groups is 2. The summed E-state index contributed by atoms with van der Waals surface area (Å²) in [6, 6.07) is 6.60. The summed E-state index contributed by atoms with van der Waals surface area (Å²) in [6.45, 7) is 2.38. The van der Waals surface area contributed by atoms with Crippen LogP contribution in [0.15, 0.2) is 58.0 Å². The molecule has 1 aromatic carbocycles. The van der Waals surface area contributed by atoms with Gasteiger partial charge in [0.1, 0.15) is 17.1 Å². The fourth-order valence-corrected chi connectivity index (χ4v) is 4.53. The summed E-state index contributed by atoms with van der Waals surface area (Å²) in [5, 5.41) is 12.6. The van der Waals surface area contributed by atoms with Crippen LogP contribution in [0.5, 0.6) is 0 Å². The summed E-state index contributed by atoms with van der Waals surface area (Å²) in [5.41, 5.74) is -1.71. The topological polar surface area (TPSA) is 85.3 Å². The first-order valence-electron chi connectivity index (χ1n) is 10.1. The van der Waals surface area contributed by atoms with Gasteiger partial charge in [0.2, 0.25) is 0 Å². The molecule has 4 rings (SSSR count). The van der Waals surface area contributed by atoms with Crippen molar-refractivity contribution < 1.29 is 28.0 Å². The van der Waals surface area contributed by atoms with Crippen molar-refractivity contribution in [3.8, 4) is 0 Å². The van der Waals surface area contributed by atoms with Crippen molar-refractivity contribution in [2.75, 3.05) is 0 Å². The lowest BCUT2D eigenvalue weighted by Crippen LogP contribution is -2.20. The third-order valence-corrected chi connectivity index (χ3v) is 5.96. The predicted octanol–water partition coefficient (Wildman–Crippen LogP) is 6.43. The van der Waals surface area contributed by atoms with Crippen LogP contribution >= 0.6 is 23.2 Å². The van der Waals surface area contributed by atoms with E-state index in [1.807, 2.05) is 0 Å². The standard InChI is InChI=1S/C24H18Cl2F2N2O4/c1-24(2,28)22-20(21(29-34-22)19-15(26)10-13(25)11-16(19)27)23(33)30-9-8-14-12(6-7-18(31)32)4-3-5-17(14)30/h3-9,11,15H,10H2,1-2H3,(H,31,32)/b7-6+. The third kappa shape index (κ3) is 4.31. The van der Waals surface area contributed by atoms with Gasteiger partial charge in [-0.3, -0.25) is 9.36 Å². The number of halogens is 4. The molecule has 1 unspecified atom stereocenters. The van der Waals surface area contributed by atoms with Crippen LogP contribution in [0.4, 0.5) is 8.78 Å². The van der Waals surface area contributed by atoms with Gasteiger partial charge in [-0.15, -0.1) is 11.6 Å². The quantitative estimate of drug-likeness (QED) is 0.318.